The predicted molar refractivity (Wildman–Crippen MR) is 119 cm³/mol. The number of rotatable bonds is 5. The molecule has 2 aliphatic rings. The van der Waals surface area contributed by atoms with Crippen LogP contribution in [0.3, 0.4) is 0 Å². The molecule has 2 aromatic carbocycles. The second-order valence-electron chi connectivity index (χ2n) is 7.28. The van der Waals surface area contributed by atoms with Gasteiger partial charge >= 0.3 is 0 Å². The largest absolute Gasteiger partial charge is 0.378 e. The summed E-state index contributed by atoms with van der Waals surface area (Å²) in [5, 5.41) is 15.0. The van der Waals surface area contributed by atoms with E-state index in [-0.39, 0.29) is 11.3 Å². The van der Waals surface area contributed by atoms with Gasteiger partial charge in [-0.15, -0.1) is 0 Å². The second kappa shape index (κ2) is 9.51. The van der Waals surface area contributed by atoms with E-state index in [2.05, 4.69) is 10.2 Å². The molecular formula is C21H23ClN4O5. The number of ether oxygens (including phenoxy) is 2. The van der Waals surface area contributed by atoms with E-state index in [0.29, 0.717) is 69.0 Å². The molecule has 2 heterocycles. The minimum atomic E-state index is -0.458. The molecule has 1 N–H and O–H groups in total. The first-order valence-corrected chi connectivity index (χ1v) is 10.5. The highest BCUT2D eigenvalue weighted by Crippen LogP contribution is 2.32. The van der Waals surface area contributed by atoms with E-state index in [0.717, 1.165) is 5.69 Å². The van der Waals surface area contributed by atoms with Crippen LogP contribution in [0, 0.1) is 10.1 Å². The Balaban J connectivity index is 1.59. The number of carbonyl (C=O) groups is 1. The molecule has 0 bridgehead atoms. The minimum Gasteiger partial charge on any atom is -0.378 e. The van der Waals surface area contributed by atoms with Crippen LogP contribution in [-0.2, 0) is 9.47 Å². The van der Waals surface area contributed by atoms with E-state index >= 15 is 0 Å². The van der Waals surface area contributed by atoms with E-state index in [4.69, 9.17) is 21.1 Å². The molecule has 0 aromatic heterocycles. The SMILES string of the molecule is O=C(Nc1cc(Cl)ccc1N1CCOCC1)c1ccc(N2CCOCC2)c([N+](=O)[O-])c1. The Kier molecular flexibility index (Phi) is 6.55. The fourth-order valence-electron chi connectivity index (χ4n) is 3.77. The molecule has 0 aliphatic carbocycles. The third-order valence-corrected chi connectivity index (χ3v) is 5.58. The van der Waals surface area contributed by atoms with Crippen LogP contribution < -0.4 is 15.1 Å². The first-order chi connectivity index (χ1) is 15.0. The van der Waals surface area contributed by atoms with Gasteiger partial charge in [0, 0.05) is 42.8 Å². The van der Waals surface area contributed by atoms with Gasteiger partial charge in [0.2, 0.25) is 0 Å². The van der Waals surface area contributed by atoms with Crippen molar-refractivity contribution in [3.8, 4) is 0 Å². The lowest BCUT2D eigenvalue weighted by Gasteiger charge is -2.30. The predicted octanol–water partition coefficient (Wildman–Crippen LogP) is 3.17. The summed E-state index contributed by atoms with van der Waals surface area (Å²) in [5.74, 6) is -0.437. The highest BCUT2D eigenvalue weighted by atomic mass is 35.5. The van der Waals surface area contributed by atoms with E-state index < -0.39 is 10.8 Å². The van der Waals surface area contributed by atoms with Gasteiger partial charge in [0.15, 0.2) is 0 Å². The topological polar surface area (TPSA) is 97.2 Å². The monoisotopic (exact) mass is 446 g/mol. The van der Waals surface area contributed by atoms with Crippen LogP contribution in [0.1, 0.15) is 10.4 Å². The van der Waals surface area contributed by atoms with E-state index in [9.17, 15) is 14.9 Å². The van der Waals surface area contributed by atoms with Gasteiger partial charge in [-0.2, -0.15) is 0 Å². The molecule has 2 aliphatic heterocycles. The quantitative estimate of drug-likeness (QED) is 0.556. The number of morpholine rings is 2. The average molecular weight is 447 g/mol. The Morgan fingerprint density at radius 3 is 2.13 bits per heavy atom. The minimum absolute atomic E-state index is 0.103. The van der Waals surface area contributed by atoms with E-state index in [1.54, 1.807) is 24.3 Å². The number of nitro groups is 1. The average Bonchev–Trinajstić information content (AvgIpc) is 2.80. The van der Waals surface area contributed by atoms with Gasteiger partial charge in [0.05, 0.1) is 42.7 Å². The molecule has 0 saturated carbocycles. The lowest BCUT2D eigenvalue weighted by molar-refractivity contribution is -0.384. The van der Waals surface area contributed by atoms with Crippen LogP contribution in [0.25, 0.3) is 0 Å². The van der Waals surface area contributed by atoms with Crippen molar-refractivity contribution in [1.29, 1.82) is 0 Å². The van der Waals surface area contributed by atoms with Crippen molar-refractivity contribution in [2.75, 3.05) is 67.7 Å². The molecule has 2 saturated heterocycles. The van der Waals surface area contributed by atoms with Gasteiger partial charge in [-0.25, -0.2) is 0 Å². The molecular weight excluding hydrogens is 424 g/mol. The summed E-state index contributed by atoms with van der Waals surface area (Å²) in [6.45, 7) is 4.76. The van der Waals surface area contributed by atoms with Crippen LogP contribution in [0.2, 0.25) is 5.02 Å². The molecule has 164 valence electrons. The normalized spacial score (nSPS) is 16.8. The maximum atomic E-state index is 13.0. The van der Waals surface area contributed by atoms with E-state index in [1.807, 2.05) is 11.0 Å². The standard InChI is InChI=1S/C21H23ClN4O5/c22-16-2-4-18(24-5-9-30-10-6-24)17(14-16)23-21(27)15-1-3-19(20(13-15)26(28)29)25-7-11-31-12-8-25/h1-4,13-14H,5-12H2,(H,23,27). The third-order valence-electron chi connectivity index (χ3n) is 5.34. The number of hydrogen-bond acceptors (Lipinski definition) is 7. The number of nitro benzene ring substituents is 1. The van der Waals surface area contributed by atoms with Crippen LogP contribution in [0.5, 0.6) is 0 Å². The Hall–Kier alpha value is -2.88. The highest BCUT2D eigenvalue weighted by Gasteiger charge is 2.24. The number of amides is 1. The number of halogens is 1. The maximum absolute atomic E-state index is 13.0. The number of nitrogens with one attached hydrogen (secondary N) is 1. The summed E-state index contributed by atoms with van der Waals surface area (Å²) < 4.78 is 10.7. The first kappa shape index (κ1) is 21.4. The van der Waals surface area contributed by atoms with Crippen molar-refractivity contribution in [1.82, 2.24) is 0 Å². The number of nitrogens with zero attached hydrogens (tertiary/aromatic N) is 3. The van der Waals surface area contributed by atoms with Gasteiger partial charge in [-0.3, -0.25) is 14.9 Å². The van der Waals surface area contributed by atoms with Crippen molar-refractivity contribution in [2.45, 2.75) is 0 Å². The molecule has 10 heteroatoms. The molecule has 4 rings (SSSR count). The molecule has 2 fully saturated rings. The first-order valence-electron chi connectivity index (χ1n) is 10.1. The molecule has 0 spiro atoms. The van der Waals surface area contributed by atoms with Crippen molar-refractivity contribution in [3.05, 3.63) is 57.1 Å². The molecule has 0 unspecified atom stereocenters. The van der Waals surface area contributed by atoms with Crippen molar-refractivity contribution >= 4 is 40.3 Å². The van der Waals surface area contributed by atoms with Crippen molar-refractivity contribution in [3.63, 3.8) is 0 Å². The zero-order valence-corrected chi connectivity index (χ0v) is 17.6. The molecule has 0 radical (unpaired) electrons. The summed E-state index contributed by atoms with van der Waals surface area (Å²) in [6.07, 6.45) is 0. The summed E-state index contributed by atoms with van der Waals surface area (Å²) in [7, 11) is 0. The number of anilines is 3. The second-order valence-corrected chi connectivity index (χ2v) is 7.71. The number of hydrogen-bond donors (Lipinski definition) is 1. The zero-order chi connectivity index (χ0) is 21.8. The molecule has 31 heavy (non-hydrogen) atoms. The summed E-state index contributed by atoms with van der Waals surface area (Å²) in [5.41, 5.74) is 1.98. The maximum Gasteiger partial charge on any atom is 0.293 e. The Bertz CT molecular complexity index is 974. The van der Waals surface area contributed by atoms with Gasteiger partial charge < -0.3 is 24.6 Å². The number of benzene rings is 2. The van der Waals surface area contributed by atoms with E-state index in [1.165, 1.54) is 6.07 Å². The fourth-order valence-corrected chi connectivity index (χ4v) is 3.94. The molecule has 1 amide bonds. The van der Waals surface area contributed by atoms with Gasteiger partial charge in [0.1, 0.15) is 5.69 Å². The van der Waals surface area contributed by atoms with Crippen molar-refractivity contribution < 1.29 is 19.2 Å². The molecule has 0 atom stereocenters. The lowest BCUT2D eigenvalue weighted by atomic mass is 10.1. The summed E-state index contributed by atoms with van der Waals surface area (Å²) >= 11 is 6.16. The highest BCUT2D eigenvalue weighted by molar-refractivity contribution is 6.31. The Morgan fingerprint density at radius 1 is 0.935 bits per heavy atom. The van der Waals surface area contributed by atoms with Crippen molar-refractivity contribution in [2.24, 2.45) is 0 Å². The van der Waals surface area contributed by atoms with Crippen LogP contribution in [0.15, 0.2) is 36.4 Å². The fraction of sp³-hybridized carbons (Fsp3) is 0.381. The zero-order valence-electron chi connectivity index (χ0n) is 16.9. The van der Waals surface area contributed by atoms with Crippen LogP contribution in [-0.4, -0.2) is 63.4 Å². The molecule has 2 aromatic rings. The summed E-state index contributed by atoms with van der Waals surface area (Å²) in [6, 6.07) is 9.85. The lowest BCUT2D eigenvalue weighted by Crippen LogP contribution is -2.37. The van der Waals surface area contributed by atoms with Gasteiger partial charge in [-0.1, -0.05) is 11.6 Å². The number of carbonyl (C=O) groups excluding carboxylic acids is 1. The van der Waals surface area contributed by atoms with Crippen LogP contribution >= 0.6 is 11.6 Å². The Morgan fingerprint density at radius 2 is 1.52 bits per heavy atom. The molecule has 9 nitrogen and oxygen atoms in total. The Labute approximate surface area is 184 Å². The summed E-state index contributed by atoms with van der Waals surface area (Å²) in [4.78, 5) is 28.2. The van der Waals surface area contributed by atoms with Crippen LogP contribution in [0.4, 0.5) is 22.7 Å². The van der Waals surface area contributed by atoms with Gasteiger partial charge in [0.25, 0.3) is 11.6 Å². The third kappa shape index (κ3) is 4.90. The van der Waals surface area contributed by atoms with Gasteiger partial charge in [-0.05, 0) is 30.3 Å². The smallest absolute Gasteiger partial charge is 0.293 e.